The summed E-state index contributed by atoms with van der Waals surface area (Å²) in [5, 5.41) is 4.27. The van der Waals surface area contributed by atoms with Gasteiger partial charge in [-0.3, -0.25) is 14.6 Å². The molecule has 0 spiro atoms. The molecule has 0 radical (unpaired) electrons. The van der Waals surface area contributed by atoms with E-state index < -0.39 is 0 Å². The van der Waals surface area contributed by atoms with Crippen LogP contribution in [0.25, 0.3) is 16.6 Å². The van der Waals surface area contributed by atoms with Gasteiger partial charge in [0.05, 0.1) is 17.1 Å². The van der Waals surface area contributed by atoms with Gasteiger partial charge < -0.3 is 10.3 Å². The molecule has 0 fully saturated rings. The normalized spacial score (nSPS) is 17.5. The van der Waals surface area contributed by atoms with Crippen LogP contribution in [0.3, 0.4) is 0 Å². The molecule has 43 heavy (non-hydrogen) atoms. The molecule has 3 heterocycles. The molecule has 2 aromatic heterocycles. The standard InChI is InChI=1S/C36H43N5O2/c1-5-9-26(19-27-12-6-7-13-33(27)42)11-8-10-24(3)35(43)32-21-28-20-29(18-25(4)34(28)40-32)39-36-37-17-16-31(41-36)30-15-14-23(2)22-38-30/h12,15-18,20-23,26,40H,3,5-11,13-14,19H2,1-2,4H3,(H,37,39,41). The molecule has 0 saturated heterocycles. The van der Waals surface area contributed by atoms with Crippen LogP contribution in [0, 0.1) is 18.8 Å². The molecule has 1 aromatic carbocycles. The third-order valence-corrected chi connectivity index (χ3v) is 8.47. The Bertz CT molecular complexity index is 1610. The van der Waals surface area contributed by atoms with Gasteiger partial charge in [-0.2, -0.15) is 0 Å². The fourth-order valence-corrected chi connectivity index (χ4v) is 6.09. The zero-order chi connectivity index (χ0) is 30.3. The van der Waals surface area contributed by atoms with Crippen LogP contribution >= 0.6 is 0 Å². The quantitative estimate of drug-likeness (QED) is 0.156. The number of fused-ring (bicyclic) bond motifs is 1. The number of aliphatic imine (C=N–C) groups is 1. The Morgan fingerprint density at radius 3 is 2.84 bits per heavy atom. The van der Waals surface area contributed by atoms with Crippen molar-refractivity contribution in [3.8, 4) is 0 Å². The lowest BCUT2D eigenvalue weighted by Gasteiger charge is -2.19. The van der Waals surface area contributed by atoms with Crippen LogP contribution in [0.15, 0.2) is 65.3 Å². The Morgan fingerprint density at radius 1 is 1.21 bits per heavy atom. The summed E-state index contributed by atoms with van der Waals surface area (Å²) < 4.78 is 0. The van der Waals surface area contributed by atoms with Crippen LogP contribution in [0.4, 0.5) is 11.6 Å². The van der Waals surface area contributed by atoms with E-state index in [0.29, 0.717) is 47.7 Å². The average molecular weight is 578 g/mol. The third kappa shape index (κ3) is 7.64. The molecular weight excluding hydrogens is 534 g/mol. The van der Waals surface area contributed by atoms with Gasteiger partial charge in [0.1, 0.15) is 0 Å². The first-order chi connectivity index (χ1) is 20.8. The van der Waals surface area contributed by atoms with Gasteiger partial charge in [0.25, 0.3) is 0 Å². The minimum Gasteiger partial charge on any atom is -0.352 e. The summed E-state index contributed by atoms with van der Waals surface area (Å²) in [4.78, 5) is 42.6. The number of H-pyrrole nitrogens is 1. The summed E-state index contributed by atoms with van der Waals surface area (Å²) in [6, 6.07) is 7.81. The van der Waals surface area contributed by atoms with E-state index in [2.05, 4.69) is 57.8 Å². The van der Waals surface area contributed by atoms with Crippen molar-refractivity contribution in [1.29, 1.82) is 0 Å². The fraction of sp³-hybridized carbons (Fsp3) is 0.417. The molecule has 0 saturated carbocycles. The van der Waals surface area contributed by atoms with Crippen molar-refractivity contribution >= 4 is 46.0 Å². The highest BCUT2D eigenvalue weighted by Crippen LogP contribution is 2.30. The van der Waals surface area contributed by atoms with E-state index in [-0.39, 0.29) is 5.78 Å². The number of nitrogens with zero attached hydrogens (tertiary/aromatic N) is 3. The number of carbonyl (C=O) groups is 2. The topological polar surface area (TPSA) is 100 Å². The van der Waals surface area contributed by atoms with Crippen LogP contribution < -0.4 is 5.32 Å². The number of hydrogen-bond donors (Lipinski definition) is 2. The van der Waals surface area contributed by atoms with Gasteiger partial charge in [0.2, 0.25) is 11.7 Å². The van der Waals surface area contributed by atoms with E-state index in [1.165, 1.54) is 0 Å². The summed E-state index contributed by atoms with van der Waals surface area (Å²) in [5.41, 5.74) is 6.63. The summed E-state index contributed by atoms with van der Waals surface area (Å²) >= 11 is 0. The van der Waals surface area contributed by atoms with Gasteiger partial charge in [-0.05, 0) is 105 Å². The second-order valence-electron chi connectivity index (χ2n) is 12.1. The zero-order valence-electron chi connectivity index (χ0n) is 25.7. The molecule has 7 heteroatoms. The molecule has 3 aromatic rings. The maximum Gasteiger partial charge on any atom is 0.227 e. The number of carbonyl (C=O) groups excluding carboxylic acids is 2. The van der Waals surface area contributed by atoms with Gasteiger partial charge >= 0.3 is 0 Å². The largest absolute Gasteiger partial charge is 0.352 e. The number of rotatable bonds is 13. The molecule has 2 unspecified atom stereocenters. The molecular formula is C36H43N5O2. The summed E-state index contributed by atoms with van der Waals surface area (Å²) in [7, 11) is 0. The second-order valence-corrected chi connectivity index (χ2v) is 12.1. The zero-order valence-corrected chi connectivity index (χ0v) is 25.7. The Labute approximate surface area is 254 Å². The van der Waals surface area contributed by atoms with Crippen molar-refractivity contribution < 1.29 is 9.59 Å². The van der Waals surface area contributed by atoms with Crippen molar-refractivity contribution in [2.24, 2.45) is 16.8 Å². The Morgan fingerprint density at radius 2 is 2.07 bits per heavy atom. The molecule has 1 aliphatic heterocycles. The number of nitrogens with one attached hydrogen (secondary N) is 2. The van der Waals surface area contributed by atoms with Gasteiger partial charge in [-0.1, -0.05) is 45.4 Å². The van der Waals surface area contributed by atoms with E-state index in [9.17, 15) is 9.59 Å². The first kappa shape index (κ1) is 30.3. The Hall–Kier alpha value is -4.13. The molecule has 7 nitrogen and oxygen atoms in total. The van der Waals surface area contributed by atoms with Crippen molar-refractivity contribution in [3.05, 3.63) is 77.3 Å². The van der Waals surface area contributed by atoms with Crippen LogP contribution in [0.2, 0.25) is 0 Å². The molecule has 0 bridgehead atoms. The highest BCUT2D eigenvalue weighted by atomic mass is 16.1. The number of allylic oxidation sites excluding steroid dienone is 4. The average Bonchev–Trinajstić information content (AvgIpc) is 3.43. The predicted molar refractivity (Wildman–Crippen MR) is 176 cm³/mol. The number of aromatic nitrogens is 3. The second kappa shape index (κ2) is 13.9. The molecule has 224 valence electrons. The van der Waals surface area contributed by atoms with Gasteiger partial charge in [0, 0.05) is 35.4 Å². The number of anilines is 2. The molecule has 2 atom stereocenters. The van der Waals surface area contributed by atoms with E-state index in [1.54, 1.807) is 6.20 Å². The van der Waals surface area contributed by atoms with Crippen molar-refractivity contribution in [2.45, 2.75) is 85.0 Å². The number of ketones is 2. The lowest BCUT2D eigenvalue weighted by Crippen LogP contribution is -2.12. The Balaban J connectivity index is 1.21. The number of hydrogen-bond acceptors (Lipinski definition) is 6. The van der Waals surface area contributed by atoms with E-state index >= 15 is 0 Å². The maximum absolute atomic E-state index is 13.3. The molecule has 5 rings (SSSR count). The lowest BCUT2D eigenvalue weighted by molar-refractivity contribution is -0.116. The highest BCUT2D eigenvalue weighted by molar-refractivity contribution is 6.10. The highest BCUT2D eigenvalue weighted by Gasteiger charge is 2.20. The molecule has 1 aliphatic carbocycles. The lowest BCUT2D eigenvalue weighted by atomic mass is 9.85. The summed E-state index contributed by atoms with van der Waals surface area (Å²) in [5.74, 6) is 1.68. The van der Waals surface area contributed by atoms with Gasteiger partial charge in [0.15, 0.2) is 5.78 Å². The van der Waals surface area contributed by atoms with Crippen LogP contribution in [0.1, 0.15) is 99.8 Å². The maximum atomic E-state index is 13.3. The SMILES string of the molecule is C=C(CCCC(CCC)CC1=CCCCC1=O)C(=O)c1cc2cc(Nc3nccc(C4=CCC(C)C=N4)n3)cc(C)c2[nH]1. The van der Waals surface area contributed by atoms with Gasteiger partial charge in [-0.15, -0.1) is 0 Å². The third-order valence-electron chi connectivity index (χ3n) is 8.47. The Kier molecular flexibility index (Phi) is 9.80. The van der Waals surface area contributed by atoms with Crippen molar-refractivity contribution in [1.82, 2.24) is 15.0 Å². The number of Topliss-reactive ketones (excluding diaryl/α,β-unsaturated/α-hetero) is 2. The monoisotopic (exact) mass is 577 g/mol. The summed E-state index contributed by atoms with van der Waals surface area (Å²) in [6.07, 6.45) is 17.2. The number of benzene rings is 1. The number of aromatic amines is 1. The predicted octanol–water partition coefficient (Wildman–Crippen LogP) is 8.86. The smallest absolute Gasteiger partial charge is 0.227 e. The molecule has 0 amide bonds. The van der Waals surface area contributed by atoms with E-state index in [1.807, 2.05) is 37.4 Å². The number of aryl methyl sites for hydroxylation is 1. The first-order valence-electron chi connectivity index (χ1n) is 15.7. The van der Waals surface area contributed by atoms with Crippen molar-refractivity contribution in [3.63, 3.8) is 0 Å². The molecule has 2 N–H and O–H groups in total. The van der Waals surface area contributed by atoms with E-state index in [4.69, 9.17) is 0 Å². The van der Waals surface area contributed by atoms with E-state index in [0.717, 1.165) is 90.5 Å². The minimum atomic E-state index is -0.0472. The van der Waals surface area contributed by atoms with Crippen LogP contribution in [-0.2, 0) is 4.79 Å². The summed E-state index contributed by atoms with van der Waals surface area (Å²) in [6.45, 7) is 10.5. The first-order valence-corrected chi connectivity index (χ1v) is 15.7. The van der Waals surface area contributed by atoms with Crippen molar-refractivity contribution in [2.75, 3.05) is 5.32 Å². The van der Waals surface area contributed by atoms with Gasteiger partial charge in [-0.25, -0.2) is 9.97 Å². The minimum absolute atomic E-state index is 0.0472. The van der Waals surface area contributed by atoms with Crippen LogP contribution in [0.5, 0.6) is 0 Å². The van der Waals surface area contributed by atoms with Crippen LogP contribution in [-0.4, -0.2) is 32.7 Å². The fourth-order valence-electron chi connectivity index (χ4n) is 6.09. The molecule has 2 aliphatic rings.